The van der Waals surface area contributed by atoms with Crippen molar-refractivity contribution in [1.29, 1.82) is 0 Å². The van der Waals surface area contributed by atoms with Crippen molar-refractivity contribution in [3.63, 3.8) is 0 Å². The summed E-state index contributed by atoms with van der Waals surface area (Å²) in [5, 5.41) is 7.67. The van der Waals surface area contributed by atoms with Crippen LogP contribution in [0.3, 0.4) is 0 Å². The van der Waals surface area contributed by atoms with Gasteiger partial charge in [0.05, 0.1) is 5.75 Å². The lowest BCUT2D eigenvalue weighted by Gasteiger charge is -1.99. The number of carbonyl (C=O) groups excluding carboxylic acids is 1. The van der Waals surface area contributed by atoms with E-state index in [0.717, 1.165) is 10.0 Å². The van der Waals surface area contributed by atoms with Crippen LogP contribution in [0.1, 0.15) is 15.9 Å². The molecule has 0 aliphatic heterocycles. The van der Waals surface area contributed by atoms with Crippen molar-refractivity contribution >= 4 is 33.5 Å². The van der Waals surface area contributed by atoms with Crippen LogP contribution in [0.4, 0.5) is 0 Å². The van der Waals surface area contributed by atoms with Crippen molar-refractivity contribution in [2.45, 2.75) is 12.1 Å². The number of carbonyl (C=O) groups is 1. The van der Waals surface area contributed by atoms with Crippen molar-refractivity contribution in [2.24, 2.45) is 0 Å². The highest BCUT2D eigenvalue weighted by Crippen LogP contribution is 2.21. The highest BCUT2D eigenvalue weighted by molar-refractivity contribution is 9.10. The number of nitrogens with one attached hydrogen (secondary N) is 1. The maximum absolute atomic E-state index is 12.1. The van der Waals surface area contributed by atoms with E-state index in [-0.39, 0.29) is 5.78 Å². The van der Waals surface area contributed by atoms with Gasteiger partial charge in [-0.15, -0.1) is 5.10 Å². The number of hydrogen-bond donors (Lipinski definition) is 1. The second-order valence-corrected chi connectivity index (χ2v) is 6.91. The minimum absolute atomic E-state index is 0.0596. The summed E-state index contributed by atoms with van der Waals surface area (Å²) in [5.74, 6) is 1.09. The summed E-state index contributed by atoms with van der Waals surface area (Å²) >= 11 is 4.69. The number of halogens is 1. The Morgan fingerprint density at radius 2 is 2.00 bits per heavy atom. The molecule has 23 heavy (non-hydrogen) atoms. The highest BCUT2D eigenvalue weighted by Gasteiger charge is 2.10. The van der Waals surface area contributed by atoms with Crippen LogP contribution in [0, 0.1) is 6.92 Å². The van der Waals surface area contributed by atoms with Gasteiger partial charge in [0, 0.05) is 15.6 Å². The fourth-order valence-electron chi connectivity index (χ4n) is 2.08. The zero-order valence-corrected chi connectivity index (χ0v) is 14.8. The number of aryl methyl sites for hydroxylation is 1. The van der Waals surface area contributed by atoms with Gasteiger partial charge in [-0.25, -0.2) is 4.98 Å². The van der Waals surface area contributed by atoms with Gasteiger partial charge in [0.25, 0.3) is 0 Å². The van der Waals surface area contributed by atoms with Crippen LogP contribution in [0.25, 0.3) is 11.4 Å². The SMILES string of the molecule is Cc1cccc(-c2nc(SCC(=O)c3ccc(Br)cc3)n[nH]2)c1. The molecule has 1 aromatic heterocycles. The van der Waals surface area contributed by atoms with Gasteiger partial charge in [0.1, 0.15) is 0 Å². The molecule has 1 heterocycles. The van der Waals surface area contributed by atoms with E-state index in [1.54, 1.807) is 0 Å². The Kier molecular flexibility index (Phi) is 4.93. The molecule has 0 bridgehead atoms. The molecule has 0 fully saturated rings. The molecule has 3 rings (SSSR count). The summed E-state index contributed by atoms with van der Waals surface area (Å²) < 4.78 is 0.957. The van der Waals surface area contributed by atoms with E-state index in [2.05, 4.69) is 31.1 Å². The number of H-pyrrole nitrogens is 1. The van der Waals surface area contributed by atoms with Gasteiger partial charge in [-0.2, -0.15) is 0 Å². The van der Waals surface area contributed by atoms with Gasteiger partial charge in [-0.3, -0.25) is 9.89 Å². The summed E-state index contributed by atoms with van der Waals surface area (Å²) in [7, 11) is 0. The normalized spacial score (nSPS) is 10.7. The number of nitrogens with zero attached hydrogens (tertiary/aromatic N) is 2. The predicted molar refractivity (Wildman–Crippen MR) is 95.8 cm³/mol. The van der Waals surface area contributed by atoms with E-state index in [9.17, 15) is 4.79 Å². The van der Waals surface area contributed by atoms with E-state index in [1.807, 2.05) is 55.5 Å². The van der Waals surface area contributed by atoms with Crippen LogP contribution in [-0.2, 0) is 0 Å². The Morgan fingerprint density at radius 1 is 1.22 bits per heavy atom. The molecule has 6 heteroatoms. The van der Waals surface area contributed by atoms with Gasteiger partial charge >= 0.3 is 0 Å². The molecule has 4 nitrogen and oxygen atoms in total. The third-order valence-corrected chi connectivity index (χ3v) is 4.63. The molecular formula is C17H14BrN3OS. The second kappa shape index (κ2) is 7.10. The zero-order chi connectivity index (χ0) is 16.2. The number of rotatable bonds is 5. The predicted octanol–water partition coefficient (Wildman–Crippen LogP) is 4.52. The lowest BCUT2D eigenvalue weighted by atomic mass is 10.1. The standard InChI is InChI=1S/C17H14BrN3OS/c1-11-3-2-4-13(9-11)16-19-17(21-20-16)23-10-15(22)12-5-7-14(18)8-6-12/h2-9H,10H2,1H3,(H,19,20,21). The Bertz CT molecular complexity index is 830. The molecule has 0 saturated heterocycles. The third-order valence-electron chi connectivity index (χ3n) is 3.25. The van der Waals surface area contributed by atoms with Crippen LogP contribution in [-0.4, -0.2) is 26.7 Å². The van der Waals surface area contributed by atoms with Crippen LogP contribution in [0.2, 0.25) is 0 Å². The monoisotopic (exact) mass is 387 g/mol. The molecule has 0 aliphatic carbocycles. The van der Waals surface area contributed by atoms with Gasteiger partial charge in [-0.1, -0.05) is 63.6 Å². The first-order valence-electron chi connectivity index (χ1n) is 7.03. The van der Waals surface area contributed by atoms with Crippen molar-refractivity contribution in [3.8, 4) is 11.4 Å². The molecule has 0 unspecified atom stereocenters. The highest BCUT2D eigenvalue weighted by atomic mass is 79.9. The molecule has 0 spiro atoms. The van der Waals surface area contributed by atoms with Gasteiger partial charge < -0.3 is 0 Å². The summed E-state index contributed by atoms with van der Waals surface area (Å²) in [5.41, 5.74) is 2.84. The number of benzene rings is 2. The molecule has 0 radical (unpaired) electrons. The van der Waals surface area contributed by atoms with Crippen LogP contribution >= 0.6 is 27.7 Å². The van der Waals surface area contributed by atoms with Crippen LogP contribution < -0.4 is 0 Å². The number of Topliss-reactive ketones (excluding diaryl/α,β-unsaturated/α-hetero) is 1. The fourth-order valence-corrected chi connectivity index (χ4v) is 3.04. The molecule has 0 saturated carbocycles. The Hall–Kier alpha value is -1.92. The molecule has 0 atom stereocenters. The van der Waals surface area contributed by atoms with Crippen molar-refractivity contribution in [3.05, 3.63) is 64.1 Å². The maximum atomic E-state index is 12.1. The number of aromatic amines is 1. The van der Waals surface area contributed by atoms with Gasteiger partial charge in [-0.05, 0) is 25.1 Å². The number of hydrogen-bond acceptors (Lipinski definition) is 4. The third kappa shape index (κ3) is 4.09. The fraction of sp³-hybridized carbons (Fsp3) is 0.118. The van der Waals surface area contributed by atoms with Crippen molar-refractivity contribution in [2.75, 3.05) is 5.75 Å². The average Bonchev–Trinajstić information content (AvgIpc) is 3.02. The lowest BCUT2D eigenvalue weighted by Crippen LogP contribution is -2.02. The van der Waals surface area contributed by atoms with Crippen molar-refractivity contribution in [1.82, 2.24) is 15.2 Å². The minimum atomic E-state index is 0.0596. The molecule has 116 valence electrons. The van der Waals surface area contributed by atoms with Gasteiger partial charge in [0.15, 0.2) is 11.6 Å². The van der Waals surface area contributed by atoms with E-state index in [4.69, 9.17) is 0 Å². The first-order valence-corrected chi connectivity index (χ1v) is 8.81. The van der Waals surface area contributed by atoms with Crippen LogP contribution in [0.15, 0.2) is 58.2 Å². The zero-order valence-electron chi connectivity index (χ0n) is 12.4. The second-order valence-electron chi connectivity index (χ2n) is 5.05. The molecular weight excluding hydrogens is 374 g/mol. The molecule has 1 N–H and O–H groups in total. The van der Waals surface area contributed by atoms with Crippen molar-refractivity contribution < 1.29 is 4.79 Å². The summed E-state index contributed by atoms with van der Waals surface area (Å²) in [6, 6.07) is 15.4. The minimum Gasteiger partial charge on any atom is -0.293 e. The van der Waals surface area contributed by atoms with E-state index >= 15 is 0 Å². The molecule has 0 aliphatic rings. The largest absolute Gasteiger partial charge is 0.293 e. The van der Waals surface area contributed by atoms with Gasteiger partial charge in [0.2, 0.25) is 5.16 Å². The van der Waals surface area contributed by atoms with E-state index in [1.165, 1.54) is 17.3 Å². The Morgan fingerprint density at radius 3 is 2.74 bits per heavy atom. The average molecular weight is 388 g/mol. The lowest BCUT2D eigenvalue weighted by molar-refractivity contribution is 0.102. The topological polar surface area (TPSA) is 58.6 Å². The Labute approximate surface area is 146 Å². The van der Waals surface area contributed by atoms with Crippen LogP contribution in [0.5, 0.6) is 0 Å². The first-order chi connectivity index (χ1) is 11.1. The number of ketones is 1. The van der Waals surface area contributed by atoms with E-state index < -0.39 is 0 Å². The first kappa shape index (κ1) is 16.0. The summed E-state index contributed by atoms with van der Waals surface area (Å²) in [6.07, 6.45) is 0. The number of thioether (sulfide) groups is 1. The summed E-state index contributed by atoms with van der Waals surface area (Å²) in [4.78, 5) is 16.6. The molecule has 2 aromatic carbocycles. The molecule has 3 aromatic rings. The Balaban J connectivity index is 1.65. The maximum Gasteiger partial charge on any atom is 0.209 e. The summed E-state index contributed by atoms with van der Waals surface area (Å²) in [6.45, 7) is 2.03. The number of aromatic nitrogens is 3. The molecule has 0 amide bonds. The smallest absolute Gasteiger partial charge is 0.209 e. The quantitative estimate of drug-likeness (QED) is 0.516. The van der Waals surface area contributed by atoms with E-state index in [0.29, 0.717) is 22.3 Å².